The summed E-state index contributed by atoms with van der Waals surface area (Å²) in [6, 6.07) is 8.02. The van der Waals surface area contributed by atoms with Crippen LogP contribution in [0.25, 0.3) is 22.1 Å². The van der Waals surface area contributed by atoms with Gasteiger partial charge in [-0.05, 0) is 76.8 Å². The first-order valence-electron chi connectivity index (χ1n) is 23.1. The van der Waals surface area contributed by atoms with Crippen molar-refractivity contribution in [3.8, 4) is 11.5 Å². The Kier molecular flexibility index (Phi) is 14.4. The van der Waals surface area contributed by atoms with E-state index < -0.39 is 17.7 Å². The van der Waals surface area contributed by atoms with Crippen LogP contribution in [0.5, 0.6) is 11.5 Å². The number of aromatic nitrogens is 7. The van der Waals surface area contributed by atoms with Gasteiger partial charge in [0.05, 0.1) is 52.4 Å². The molecule has 4 aromatic heterocycles. The van der Waals surface area contributed by atoms with Gasteiger partial charge in [-0.3, -0.25) is 38.9 Å². The number of nitrogens with two attached hydrogens (primary N) is 2. The van der Waals surface area contributed by atoms with Crippen LogP contribution in [0.4, 0.5) is 5.95 Å². The van der Waals surface area contributed by atoms with Crippen molar-refractivity contribution in [2.75, 3.05) is 51.8 Å². The van der Waals surface area contributed by atoms with Crippen LogP contribution in [0.1, 0.15) is 103 Å². The number of primary amides is 2. The molecule has 20 heteroatoms. The Balaban J connectivity index is 1.09. The number of carbonyl (C=O) groups excluding carboxylic acids is 5. The summed E-state index contributed by atoms with van der Waals surface area (Å²) in [6.45, 7) is 12.5. The third-order valence-electron chi connectivity index (χ3n) is 12.6. The Labute approximate surface area is 397 Å². The number of hydrogen-bond donors (Lipinski definition) is 3. The van der Waals surface area contributed by atoms with E-state index in [1.165, 1.54) is 18.4 Å². The van der Waals surface area contributed by atoms with E-state index in [0.717, 1.165) is 49.6 Å². The summed E-state index contributed by atoms with van der Waals surface area (Å²) in [6.07, 6.45) is 8.14. The number of amides is 4. The molecule has 0 unspecified atom stereocenters. The van der Waals surface area contributed by atoms with Gasteiger partial charge in [0.25, 0.3) is 5.91 Å². The molecule has 1 aliphatic carbocycles. The smallest absolute Gasteiger partial charge is 0.276 e. The Hall–Kier alpha value is -6.93. The van der Waals surface area contributed by atoms with E-state index in [1.54, 1.807) is 39.6 Å². The zero-order valence-electron chi connectivity index (χ0n) is 39.2. The van der Waals surface area contributed by atoms with Crippen molar-refractivity contribution < 1.29 is 33.4 Å². The largest absolute Gasteiger partial charge is 0.494 e. The van der Waals surface area contributed by atoms with Crippen molar-refractivity contribution in [1.82, 2.24) is 43.7 Å². The lowest BCUT2D eigenvalue weighted by atomic mass is 9.84. The van der Waals surface area contributed by atoms with Gasteiger partial charge in [0.2, 0.25) is 23.7 Å². The van der Waals surface area contributed by atoms with Gasteiger partial charge in [0, 0.05) is 69.4 Å². The second-order valence-electron chi connectivity index (χ2n) is 17.2. The maximum atomic E-state index is 13.9. The van der Waals surface area contributed by atoms with Crippen LogP contribution in [0.15, 0.2) is 42.5 Å². The number of imidazole rings is 2. The second-order valence-corrected chi connectivity index (χ2v) is 18.4. The van der Waals surface area contributed by atoms with Crippen LogP contribution in [0, 0.1) is 19.8 Å². The molecule has 2 aliphatic rings. The summed E-state index contributed by atoms with van der Waals surface area (Å²) in [7, 11) is 1.49. The Morgan fingerprint density at radius 1 is 0.853 bits per heavy atom. The minimum Gasteiger partial charge on any atom is -0.494 e. The highest BCUT2D eigenvalue weighted by atomic mass is 32.1. The number of hydrogen-bond acceptors (Lipinski definition) is 13. The van der Waals surface area contributed by atoms with Crippen LogP contribution >= 0.6 is 11.3 Å². The maximum absolute atomic E-state index is 13.9. The zero-order valence-corrected chi connectivity index (χ0v) is 40.0. The molecule has 0 atom stereocenters. The van der Waals surface area contributed by atoms with Crippen LogP contribution in [0.3, 0.4) is 0 Å². The molecule has 5 heterocycles. The molecule has 6 aromatic rings. The molecule has 0 spiro atoms. The van der Waals surface area contributed by atoms with Crippen LogP contribution in [-0.2, 0) is 37.3 Å². The number of aryl methyl sites for hydroxylation is 4. The molecule has 19 nitrogen and oxygen atoms in total. The number of nitrogens with one attached hydrogen (secondary N) is 1. The molecule has 2 fully saturated rings. The van der Waals surface area contributed by atoms with E-state index in [9.17, 15) is 24.0 Å². The normalized spacial score (nSPS) is 14.5. The average molecular weight is 947 g/mol. The first kappa shape index (κ1) is 47.6. The summed E-state index contributed by atoms with van der Waals surface area (Å²) >= 11 is 1.35. The maximum Gasteiger partial charge on any atom is 0.276 e. The van der Waals surface area contributed by atoms with Crippen molar-refractivity contribution in [3.05, 3.63) is 86.4 Å². The molecule has 5 N–H and O–H groups in total. The highest BCUT2D eigenvalue weighted by Gasteiger charge is 2.31. The monoisotopic (exact) mass is 946 g/mol. The minimum atomic E-state index is -0.662. The van der Waals surface area contributed by atoms with Crippen molar-refractivity contribution in [3.63, 3.8) is 0 Å². The fourth-order valence-electron chi connectivity index (χ4n) is 8.89. The second kappa shape index (κ2) is 20.5. The quantitative estimate of drug-likeness (QED) is 0.0515. The summed E-state index contributed by atoms with van der Waals surface area (Å²) in [5, 5.41) is 8.23. The predicted molar refractivity (Wildman–Crippen MR) is 258 cm³/mol. The summed E-state index contributed by atoms with van der Waals surface area (Å²) in [4.78, 5) is 84.7. The average Bonchev–Trinajstić information content (AvgIpc) is 4.07. The van der Waals surface area contributed by atoms with Gasteiger partial charge in [-0.25, -0.2) is 15.0 Å². The van der Waals surface area contributed by atoms with Gasteiger partial charge in [-0.15, -0.1) is 11.3 Å². The molecule has 68 heavy (non-hydrogen) atoms. The third-order valence-corrected chi connectivity index (χ3v) is 13.7. The van der Waals surface area contributed by atoms with Gasteiger partial charge < -0.3 is 35.0 Å². The zero-order chi connectivity index (χ0) is 48.2. The predicted octanol–water partition coefficient (Wildman–Crippen LogP) is 5.09. The van der Waals surface area contributed by atoms with Crippen LogP contribution in [0.2, 0.25) is 0 Å². The number of allylic oxidation sites excluding steroid dienone is 2. The topological polar surface area (TPSA) is 241 Å². The van der Waals surface area contributed by atoms with Crippen LogP contribution < -0.4 is 26.3 Å². The molecule has 1 saturated heterocycles. The molecule has 8 rings (SSSR count). The van der Waals surface area contributed by atoms with Crippen LogP contribution in [-0.4, -0.2) is 120 Å². The summed E-state index contributed by atoms with van der Waals surface area (Å²) in [5.74, 6) is -0.0218. The van der Waals surface area contributed by atoms with Crippen molar-refractivity contribution >= 4 is 68.8 Å². The SMILES string of the molecule is CCc1nc(C)sc1C(=O)Cc1nc2cc(C(N)=O)cc(OC)c2n1C/C=C/Cn1c(NC(=O)c2cc(C)nn2CC)nc2cc(C(N)=O)cc(OCCCN3CCN(C(=O)C4CCC4)CC3)c21. The summed E-state index contributed by atoms with van der Waals surface area (Å²) < 4.78 is 17.5. The lowest BCUT2D eigenvalue weighted by molar-refractivity contribution is -0.140. The fraction of sp³-hybridized carbons (Fsp3) is 0.438. The Morgan fingerprint density at radius 3 is 2.15 bits per heavy atom. The molecule has 2 aromatic carbocycles. The third kappa shape index (κ3) is 10.0. The molecular weight excluding hydrogens is 889 g/mol. The van der Waals surface area contributed by atoms with Gasteiger partial charge in [-0.2, -0.15) is 5.10 Å². The van der Waals surface area contributed by atoms with Crippen molar-refractivity contribution in [2.45, 2.75) is 85.9 Å². The van der Waals surface area contributed by atoms with Gasteiger partial charge in [0.15, 0.2) is 5.78 Å². The van der Waals surface area contributed by atoms with Crippen molar-refractivity contribution in [2.24, 2.45) is 17.4 Å². The Morgan fingerprint density at radius 2 is 1.51 bits per heavy atom. The highest BCUT2D eigenvalue weighted by molar-refractivity contribution is 7.13. The van der Waals surface area contributed by atoms with Gasteiger partial charge >= 0.3 is 0 Å². The molecule has 358 valence electrons. The van der Waals surface area contributed by atoms with Gasteiger partial charge in [-0.1, -0.05) is 25.5 Å². The molecule has 0 bridgehead atoms. The number of benzene rings is 2. The standard InChI is InChI=1S/C48H58N12O7S/c1-6-33-43(68-29(4)51-33)37(61)27-40-52-34-23-31(44(49)62)25-38(66-5)41(34)58(40)15-8-9-16-59-42-35(53-48(59)54-46(64)36-22-28(3)55-60(36)7-2)24-32(45(50)63)26-39(42)67-21-11-14-56-17-19-57(20-18-56)47(65)30-12-10-13-30/h8-9,22-26,30H,6-7,10-21,27H2,1-5H3,(H2,49,62)(H2,50,63)(H,53,54,64)/b9-8+. The van der Waals surface area contributed by atoms with E-state index in [-0.39, 0.29) is 54.2 Å². The van der Waals surface area contributed by atoms with E-state index >= 15 is 0 Å². The Bertz CT molecular complexity index is 2930. The molecule has 4 amide bonds. The summed E-state index contributed by atoms with van der Waals surface area (Å²) in [5.41, 5.74) is 15.6. The molecular formula is C48H58N12O7S. The number of methoxy groups -OCH3 is 1. The number of Topliss-reactive ketones (excluding diaryl/α,β-unsaturated/α-hetero) is 1. The van der Waals surface area contributed by atoms with Gasteiger partial charge in [0.1, 0.15) is 34.1 Å². The van der Waals surface area contributed by atoms with E-state index in [2.05, 4.69) is 20.3 Å². The number of rotatable bonds is 20. The first-order chi connectivity index (χ1) is 32.8. The first-order valence-corrected chi connectivity index (χ1v) is 23.9. The minimum absolute atomic E-state index is 0.0401. The van der Waals surface area contributed by atoms with Crippen molar-refractivity contribution in [1.29, 1.82) is 0 Å². The van der Waals surface area contributed by atoms with E-state index in [4.69, 9.17) is 30.9 Å². The number of nitrogens with zero attached hydrogens (tertiary/aromatic N) is 9. The van der Waals surface area contributed by atoms with E-state index in [1.807, 2.05) is 49.3 Å². The lowest BCUT2D eigenvalue weighted by Gasteiger charge is -2.38. The number of fused-ring (bicyclic) bond motifs is 2. The molecule has 0 radical (unpaired) electrons. The highest BCUT2D eigenvalue weighted by Crippen LogP contribution is 2.33. The number of anilines is 1. The number of carbonyl (C=O) groups is 5. The molecule has 1 aliphatic heterocycles. The molecule has 1 saturated carbocycles. The number of piperazine rings is 1. The van der Waals surface area contributed by atoms with E-state index in [0.29, 0.717) is 94.7 Å². The lowest BCUT2D eigenvalue weighted by Crippen LogP contribution is -2.51. The fourth-order valence-corrected chi connectivity index (χ4v) is 9.83. The number of ether oxygens (including phenoxy) is 2. The number of thiazole rings is 1. The number of ketones is 1.